The second-order valence-corrected chi connectivity index (χ2v) is 6.45. The van der Waals surface area contributed by atoms with Gasteiger partial charge in [-0.1, -0.05) is 36.4 Å². The maximum Gasteiger partial charge on any atom is 0.339 e. The van der Waals surface area contributed by atoms with Crippen LogP contribution in [0.15, 0.2) is 78.9 Å². The van der Waals surface area contributed by atoms with Crippen LogP contribution >= 0.6 is 0 Å². The Morgan fingerprint density at radius 1 is 0.833 bits per heavy atom. The number of anilines is 2. The summed E-state index contributed by atoms with van der Waals surface area (Å²) in [5.41, 5.74) is 1.45. The first-order chi connectivity index (χ1) is 14.4. The van der Waals surface area contributed by atoms with Crippen LogP contribution in [0.3, 0.4) is 0 Å². The summed E-state index contributed by atoms with van der Waals surface area (Å²) in [5.74, 6) is -2.02. The van der Waals surface area contributed by atoms with Crippen LogP contribution in [-0.2, 0) is 14.3 Å². The molecule has 0 aliphatic rings. The van der Waals surface area contributed by atoms with Crippen molar-refractivity contribution in [2.45, 2.75) is 13.0 Å². The molecule has 0 bridgehead atoms. The number of nitrogens with one attached hydrogen (secondary N) is 2. The number of hydrogen-bond donors (Lipinski definition) is 2. The van der Waals surface area contributed by atoms with E-state index in [2.05, 4.69) is 10.6 Å². The van der Waals surface area contributed by atoms with Gasteiger partial charge in [-0.2, -0.15) is 0 Å². The van der Waals surface area contributed by atoms with Crippen molar-refractivity contribution >= 4 is 29.2 Å². The van der Waals surface area contributed by atoms with E-state index < -0.39 is 23.8 Å². The highest BCUT2D eigenvalue weighted by molar-refractivity contribution is 5.99. The minimum absolute atomic E-state index is 0.178. The van der Waals surface area contributed by atoms with Crippen molar-refractivity contribution in [2.75, 3.05) is 10.6 Å². The lowest BCUT2D eigenvalue weighted by Crippen LogP contribution is -2.26. The van der Waals surface area contributed by atoms with Gasteiger partial charge in [0.1, 0.15) is 5.82 Å². The summed E-state index contributed by atoms with van der Waals surface area (Å²) in [6, 6.07) is 20.0. The Morgan fingerprint density at radius 3 is 2.20 bits per heavy atom. The van der Waals surface area contributed by atoms with Gasteiger partial charge in [-0.15, -0.1) is 0 Å². The molecule has 0 aliphatic heterocycles. The Kier molecular flexibility index (Phi) is 6.54. The van der Waals surface area contributed by atoms with Gasteiger partial charge in [0.25, 0.3) is 5.91 Å². The Balaban J connectivity index is 1.82. The molecule has 0 radical (unpaired) electrons. The molecule has 0 heterocycles. The van der Waals surface area contributed by atoms with Crippen LogP contribution in [-0.4, -0.2) is 17.8 Å². The molecule has 0 saturated heterocycles. The molecule has 3 aromatic rings. The molecule has 1 atom stereocenters. The lowest BCUT2D eigenvalue weighted by Gasteiger charge is -2.18. The molecule has 30 heavy (non-hydrogen) atoms. The van der Waals surface area contributed by atoms with Crippen LogP contribution in [0.4, 0.5) is 15.8 Å². The van der Waals surface area contributed by atoms with Crippen LogP contribution < -0.4 is 10.6 Å². The van der Waals surface area contributed by atoms with Crippen LogP contribution in [0.1, 0.15) is 28.9 Å². The molecular weight excluding hydrogens is 387 g/mol. The van der Waals surface area contributed by atoms with Crippen molar-refractivity contribution in [1.82, 2.24) is 0 Å². The zero-order valence-electron chi connectivity index (χ0n) is 16.1. The number of carbonyl (C=O) groups excluding carboxylic acids is 3. The summed E-state index contributed by atoms with van der Waals surface area (Å²) < 4.78 is 18.6. The van der Waals surface area contributed by atoms with Gasteiger partial charge in [-0.3, -0.25) is 9.59 Å². The molecule has 0 fully saturated rings. The number of halogens is 1. The van der Waals surface area contributed by atoms with Crippen LogP contribution in [0.5, 0.6) is 0 Å². The molecule has 2 N–H and O–H groups in total. The van der Waals surface area contributed by atoms with Gasteiger partial charge < -0.3 is 15.4 Å². The standard InChI is InChI=1S/C23H19FN2O4/c1-15(27)25-20-9-5-8-17(14-20)23(29)30-21(16-6-3-2-4-7-16)22(28)26-19-12-10-18(24)11-13-19/h2-14,21H,1H3,(H,25,27)(H,26,28). The van der Waals surface area contributed by atoms with Crippen LogP contribution in [0.2, 0.25) is 0 Å². The highest BCUT2D eigenvalue weighted by atomic mass is 19.1. The van der Waals surface area contributed by atoms with Gasteiger partial charge in [0, 0.05) is 23.9 Å². The minimum atomic E-state index is -1.23. The first kappa shape index (κ1) is 20.7. The molecular formula is C23H19FN2O4. The molecule has 152 valence electrons. The zero-order valence-corrected chi connectivity index (χ0v) is 16.1. The van der Waals surface area contributed by atoms with Crippen molar-refractivity contribution in [3.8, 4) is 0 Å². The summed E-state index contributed by atoms with van der Waals surface area (Å²) in [6.45, 7) is 1.36. The summed E-state index contributed by atoms with van der Waals surface area (Å²) in [7, 11) is 0. The number of ether oxygens (including phenoxy) is 1. The summed E-state index contributed by atoms with van der Waals surface area (Å²) in [5, 5.41) is 5.21. The summed E-state index contributed by atoms with van der Waals surface area (Å²) >= 11 is 0. The fraction of sp³-hybridized carbons (Fsp3) is 0.0870. The van der Waals surface area contributed by atoms with Crippen molar-refractivity contribution in [3.63, 3.8) is 0 Å². The third kappa shape index (κ3) is 5.51. The van der Waals surface area contributed by atoms with E-state index in [-0.39, 0.29) is 11.5 Å². The van der Waals surface area contributed by atoms with Crippen LogP contribution in [0.25, 0.3) is 0 Å². The average molecular weight is 406 g/mol. The number of esters is 1. The average Bonchev–Trinajstić information content (AvgIpc) is 2.73. The van der Waals surface area contributed by atoms with Gasteiger partial charge in [-0.25, -0.2) is 9.18 Å². The van der Waals surface area contributed by atoms with Gasteiger partial charge in [0.15, 0.2) is 0 Å². The predicted octanol–water partition coefficient (Wildman–Crippen LogP) is 4.32. The second kappa shape index (κ2) is 9.47. The lowest BCUT2D eigenvalue weighted by atomic mass is 10.1. The monoisotopic (exact) mass is 406 g/mol. The van der Waals surface area contributed by atoms with E-state index in [4.69, 9.17) is 4.74 Å². The van der Waals surface area contributed by atoms with E-state index in [1.54, 1.807) is 42.5 Å². The quantitative estimate of drug-likeness (QED) is 0.597. The Hall–Kier alpha value is -4.00. The van der Waals surface area contributed by atoms with Gasteiger partial charge in [0.05, 0.1) is 5.56 Å². The maximum atomic E-state index is 13.1. The van der Waals surface area contributed by atoms with E-state index >= 15 is 0 Å². The fourth-order valence-corrected chi connectivity index (χ4v) is 2.74. The van der Waals surface area contributed by atoms with Crippen molar-refractivity contribution in [3.05, 3.63) is 95.8 Å². The molecule has 1 unspecified atom stereocenters. The lowest BCUT2D eigenvalue weighted by molar-refractivity contribution is -0.125. The van der Waals surface area contributed by atoms with E-state index in [9.17, 15) is 18.8 Å². The second-order valence-electron chi connectivity index (χ2n) is 6.45. The zero-order chi connectivity index (χ0) is 21.5. The minimum Gasteiger partial charge on any atom is -0.444 e. The highest BCUT2D eigenvalue weighted by Gasteiger charge is 2.26. The normalized spacial score (nSPS) is 11.3. The number of carbonyl (C=O) groups is 3. The summed E-state index contributed by atoms with van der Waals surface area (Å²) in [6.07, 6.45) is -1.23. The molecule has 2 amide bonds. The number of hydrogen-bond acceptors (Lipinski definition) is 4. The molecule has 6 nitrogen and oxygen atoms in total. The third-order valence-corrected chi connectivity index (χ3v) is 4.10. The topological polar surface area (TPSA) is 84.5 Å². The van der Waals surface area contributed by atoms with Gasteiger partial charge >= 0.3 is 5.97 Å². The third-order valence-electron chi connectivity index (χ3n) is 4.10. The molecule has 3 aromatic carbocycles. The van der Waals surface area contributed by atoms with Crippen molar-refractivity contribution in [1.29, 1.82) is 0 Å². The fourth-order valence-electron chi connectivity index (χ4n) is 2.74. The molecule has 0 aromatic heterocycles. The van der Waals surface area contributed by atoms with Crippen molar-refractivity contribution < 1.29 is 23.5 Å². The van der Waals surface area contributed by atoms with E-state index in [1.807, 2.05) is 0 Å². The molecule has 0 aliphatic carbocycles. The maximum absolute atomic E-state index is 13.1. The predicted molar refractivity (Wildman–Crippen MR) is 110 cm³/mol. The van der Waals surface area contributed by atoms with Crippen molar-refractivity contribution in [2.24, 2.45) is 0 Å². The molecule has 3 rings (SSSR count). The highest BCUT2D eigenvalue weighted by Crippen LogP contribution is 2.23. The first-order valence-electron chi connectivity index (χ1n) is 9.12. The SMILES string of the molecule is CC(=O)Nc1cccc(C(=O)OC(C(=O)Nc2ccc(F)cc2)c2ccccc2)c1. The Bertz CT molecular complexity index is 1050. The van der Waals surface area contributed by atoms with Gasteiger partial charge in [-0.05, 0) is 42.5 Å². The number of amides is 2. The Morgan fingerprint density at radius 2 is 1.53 bits per heavy atom. The largest absolute Gasteiger partial charge is 0.444 e. The van der Waals surface area contributed by atoms with E-state index in [0.29, 0.717) is 16.9 Å². The first-order valence-corrected chi connectivity index (χ1v) is 9.12. The van der Waals surface area contributed by atoms with Crippen LogP contribution in [0, 0.1) is 5.82 Å². The number of rotatable bonds is 6. The molecule has 0 saturated carbocycles. The number of benzene rings is 3. The smallest absolute Gasteiger partial charge is 0.339 e. The van der Waals surface area contributed by atoms with E-state index in [0.717, 1.165) is 0 Å². The van der Waals surface area contributed by atoms with E-state index in [1.165, 1.54) is 43.3 Å². The summed E-state index contributed by atoms with van der Waals surface area (Å²) in [4.78, 5) is 36.8. The van der Waals surface area contributed by atoms with Gasteiger partial charge in [0.2, 0.25) is 12.0 Å². The molecule has 7 heteroatoms. The Labute approximate surface area is 172 Å². The molecule has 0 spiro atoms.